The van der Waals surface area contributed by atoms with Crippen molar-refractivity contribution in [2.24, 2.45) is 0 Å². The van der Waals surface area contributed by atoms with Crippen LogP contribution >= 0.6 is 12.2 Å². The standard InChI is InChI=1S/C22H25N3O3S/c1-22(2,3)25-20(27)16-8-10-17(11-9-16)23-21(29)24-19(26)14-7-15-5-12-18(28-4)13-6-15/h5-14H,1-4H3,(H,25,27)(H2,23,24,26,29)/b14-7+. The van der Waals surface area contributed by atoms with Crippen LogP contribution in [0, 0.1) is 0 Å². The molecule has 2 amide bonds. The monoisotopic (exact) mass is 411 g/mol. The number of benzene rings is 2. The van der Waals surface area contributed by atoms with Gasteiger partial charge in [-0.05, 0) is 81.0 Å². The van der Waals surface area contributed by atoms with Crippen LogP contribution in [0.3, 0.4) is 0 Å². The van der Waals surface area contributed by atoms with Crippen LogP contribution in [0.5, 0.6) is 5.75 Å². The van der Waals surface area contributed by atoms with E-state index in [1.807, 2.05) is 45.0 Å². The first-order chi connectivity index (χ1) is 13.7. The summed E-state index contributed by atoms with van der Waals surface area (Å²) in [6.45, 7) is 5.76. The van der Waals surface area contributed by atoms with Crippen molar-refractivity contribution in [2.45, 2.75) is 26.3 Å². The van der Waals surface area contributed by atoms with Gasteiger partial charge in [-0.25, -0.2) is 0 Å². The van der Waals surface area contributed by atoms with Crippen LogP contribution in [0.2, 0.25) is 0 Å². The van der Waals surface area contributed by atoms with Crippen molar-refractivity contribution < 1.29 is 14.3 Å². The lowest BCUT2D eigenvalue weighted by molar-refractivity contribution is -0.115. The van der Waals surface area contributed by atoms with Gasteiger partial charge in [0, 0.05) is 22.9 Å². The van der Waals surface area contributed by atoms with Gasteiger partial charge in [-0.2, -0.15) is 0 Å². The van der Waals surface area contributed by atoms with E-state index in [1.165, 1.54) is 6.08 Å². The van der Waals surface area contributed by atoms with Crippen LogP contribution in [0.1, 0.15) is 36.7 Å². The van der Waals surface area contributed by atoms with E-state index in [0.717, 1.165) is 11.3 Å². The van der Waals surface area contributed by atoms with Gasteiger partial charge in [-0.3, -0.25) is 14.9 Å². The lowest BCUT2D eigenvalue weighted by atomic mass is 10.1. The number of carbonyl (C=O) groups excluding carboxylic acids is 2. The normalized spacial score (nSPS) is 11.0. The zero-order valence-corrected chi connectivity index (χ0v) is 17.7. The van der Waals surface area contributed by atoms with Gasteiger partial charge < -0.3 is 15.4 Å². The second kappa shape index (κ2) is 9.84. The molecular weight excluding hydrogens is 386 g/mol. The zero-order valence-electron chi connectivity index (χ0n) is 16.9. The molecule has 0 aliphatic carbocycles. The van der Waals surface area contributed by atoms with Crippen LogP contribution < -0.4 is 20.7 Å². The summed E-state index contributed by atoms with van der Waals surface area (Å²) in [6.07, 6.45) is 3.08. The SMILES string of the molecule is COc1ccc(/C=C/C(=O)NC(=S)Nc2ccc(C(=O)NC(C)(C)C)cc2)cc1. The molecular formula is C22H25N3O3S. The quantitative estimate of drug-likeness (QED) is 0.516. The topological polar surface area (TPSA) is 79.5 Å². The number of ether oxygens (including phenoxy) is 1. The molecule has 0 aliphatic heterocycles. The lowest BCUT2D eigenvalue weighted by Crippen LogP contribution is -2.40. The fraction of sp³-hybridized carbons (Fsp3) is 0.227. The molecule has 7 heteroatoms. The summed E-state index contributed by atoms with van der Waals surface area (Å²) >= 11 is 5.16. The summed E-state index contributed by atoms with van der Waals surface area (Å²) in [5, 5.41) is 8.56. The minimum Gasteiger partial charge on any atom is -0.497 e. The zero-order chi connectivity index (χ0) is 21.4. The Morgan fingerprint density at radius 1 is 1.00 bits per heavy atom. The molecule has 0 aliphatic rings. The van der Waals surface area contributed by atoms with E-state index < -0.39 is 0 Å². The van der Waals surface area contributed by atoms with Gasteiger partial charge in [0.15, 0.2) is 5.11 Å². The Morgan fingerprint density at radius 3 is 2.17 bits per heavy atom. The van der Waals surface area contributed by atoms with Crippen LogP contribution in [0.15, 0.2) is 54.6 Å². The summed E-state index contributed by atoms with van der Waals surface area (Å²) in [7, 11) is 1.60. The average molecular weight is 412 g/mol. The van der Waals surface area contributed by atoms with E-state index in [9.17, 15) is 9.59 Å². The third kappa shape index (κ3) is 7.75. The van der Waals surface area contributed by atoms with Gasteiger partial charge in [0.2, 0.25) is 5.91 Å². The van der Waals surface area contributed by atoms with Gasteiger partial charge in [0.05, 0.1) is 7.11 Å². The molecule has 0 bridgehead atoms. The molecule has 0 saturated carbocycles. The Bertz CT molecular complexity index is 898. The maximum atomic E-state index is 12.1. The predicted molar refractivity (Wildman–Crippen MR) is 120 cm³/mol. The van der Waals surface area contributed by atoms with Gasteiger partial charge in [-0.15, -0.1) is 0 Å². The largest absolute Gasteiger partial charge is 0.497 e. The molecule has 0 radical (unpaired) electrons. The van der Waals surface area contributed by atoms with Crippen LogP contribution in [-0.4, -0.2) is 29.6 Å². The van der Waals surface area contributed by atoms with E-state index in [4.69, 9.17) is 17.0 Å². The van der Waals surface area contributed by atoms with E-state index in [-0.39, 0.29) is 22.5 Å². The fourth-order valence-electron chi connectivity index (χ4n) is 2.32. The minimum atomic E-state index is -0.348. The maximum Gasteiger partial charge on any atom is 0.251 e. The second-order valence-corrected chi connectivity index (χ2v) is 7.74. The van der Waals surface area contributed by atoms with Crippen LogP contribution in [0.25, 0.3) is 6.08 Å². The minimum absolute atomic E-state index is 0.149. The maximum absolute atomic E-state index is 12.1. The molecule has 29 heavy (non-hydrogen) atoms. The van der Waals surface area contributed by atoms with Crippen molar-refractivity contribution in [1.82, 2.24) is 10.6 Å². The first-order valence-electron chi connectivity index (χ1n) is 9.03. The molecule has 0 unspecified atom stereocenters. The van der Waals surface area contributed by atoms with Crippen molar-refractivity contribution in [3.63, 3.8) is 0 Å². The number of hydrogen-bond donors (Lipinski definition) is 3. The highest BCUT2D eigenvalue weighted by Crippen LogP contribution is 2.13. The van der Waals surface area contributed by atoms with Gasteiger partial charge in [0.1, 0.15) is 5.75 Å². The molecule has 0 spiro atoms. The molecule has 0 heterocycles. The highest BCUT2D eigenvalue weighted by atomic mass is 32.1. The van der Waals surface area contributed by atoms with E-state index >= 15 is 0 Å². The van der Waals surface area contributed by atoms with Crippen molar-refractivity contribution in [3.8, 4) is 5.75 Å². The van der Waals surface area contributed by atoms with Crippen molar-refractivity contribution in [3.05, 3.63) is 65.7 Å². The Kier molecular flexibility index (Phi) is 7.50. The van der Waals surface area contributed by atoms with Gasteiger partial charge in [0.25, 0.3) is 5.91 Å². The Hall–Kier alpha value is -3.19. The Labute approximate surface area is 176 Å². The van der Waals surface area contributed by atoms with Crippen molar-refractivity contribution in [2.75, 3.05) is 12.4 Å². The molecule has 6 nitrogen and oxygen atoms in total. The molecule has 2 rings (SSSR count). The predicted octanol–water partition coefficient (Wildman–Crippen LogP) is 3.75. The molecule has 3 N–H and O–H groups in total. The van der Waals surface area contributed by atoms with E-state index in [0.29, 0.717) is 11.3 Å². The summed E-state index contributed by atoms with van der Waals surface area (Å²) in [5.41, 5.74) is 1.77. The third-order valence-corrected chi connectivity index (χ3v) is 3.88. The van der Waals surface area contributed by atoms with Crippen LogP contribution in [0.4, 0.5) is 5.69 Å². The average Bonchev–Trinajstić information content (AvgIpc) is 2.66. The number of thiocarbonyl (C=S) groups is 1. The molecule has 0 fully saturated rings. The number of hydrogen-bond acceptors (Lipinski definition) is 4. The number of carbonyl (C=O) groups is 2. The summed E-state index contributed by atoms with van der Waals surface area (Å²) in [5.74, 6) is 0.252. The molecule has 152 valence electrons. The Morgan fingerprint density at radius 2 is 1.62 bits per heavy atom. The number of nitrogens with one attached hydrogen (secondary N) is 3. The number of rotatable bonds is 5. The molecule has 0 atom stereocenters. The van der Waals surface area contributed by atoms with E-state index in [1.54, 1.807) is 37.5 Å². The summed E-state index contributed by atoms with van der Waals surface area (Å²) in [6, 6.07) is 14.2. The van der Waals surface area contributed by atoms with Crippen LogP contribution in [-0.2, 0) is 4.79 Å². The third-order valence-electron chi connectivity index (χ3n) is 3.67. The molecule has 2 aromatic carbocycles. The first-order valence-corrected chi connectivity index (χ1v) is 9.44. The number of methoxy groups -OCH3 is 1. The highest BCUT2D eigenvalue weighted by molar-refractivity contribution is 7.80. The number of amides is 2. The van der Waals surface area contributed by atoms with E-state index in [2.05, 4.69) is 16.0 Å². The highest BCUT2D eigenvalue weighted by Gasteiger charge is 2.15. The second-order valence-electron chi connectivity index (χ2n) is 7.33. The van der Waals surface area contributed by atoms with Crippen molar-refractivity contribution in [1.29, 1.82) is 0 Å². The molecule has 0 aromatic heterocycles. The first kappa shape index (κ1) is 22.1. The molecule has 2 aromatic rings. The van der Waals surface area contributed by atoms with Gasteiger partial charge in [-0.1, -0.05) is 12.1 Å². The summed E-state index contributed by atoms with van der Waals surface area (Å²) < 4.78 is 5.09. The Balaban J connectivity index is 1.87. The van der Waals surface area contributed by atoms with Gasteiger partial charge >= 0.3 is 0 Å². The smallest absolute Gasteiger partial charge is 0.251 e. The fourth-order valence-corrected chi connectivity index (χ4v) is 2.54. The molecule has 0 saturated heterocycles. The van der Waals surface area contributed by atoms with Crippen molar-refractivity contribution >= 4 is 40.9 Å². The lowest BCUT2D eigenvalue weighted by Gasteiger charge is -2.20. The number of anilines is 1. The summed E-state index contributed by atoms with van der Waals surface area (Å²) in [4.78, 5) is 24.1.